The molecule has 0 saturated carbocycles. The molecule has 1 aromatic carbocycles. The standard InChI is InChI=1S/C15H13ClN2O4/c16-10-3-9(5-18-6-10)7-20-11-1-2-12-13(4-11)22-14(8-21-12)15(17)19/h1-6,14H,7-8H2,(H2,17,19)/t14-/m1/s1. The molecular weight excluding hydrogens is 308 g/mol. The first kappa shape index (κ1) is 14.5. The van der Waals surface area contributed by atoms with E-state index in [4.69, 9.17) is 31.5 Å². The number of carbonyl (C=O) groups is 1. The first-order valence-electron chi connectivity index (χ1n) is 6.57. The zero-order valence-electron chi connectivity index (χ0n) is 11.5. The van der Waals surface area contributed by atoms with Crippen LogP contribution in [-0.2, 0) is 11.4 Å². The van der Waals surface area contributed by atoms with Crippen LogP contribution in [0, 0.1) is 0 Å². The average molecular weight is 321 g/mol. The van der Waals surface area contributed by atoms with Crippen molar-refractivity contribution >= 4 is 17.5 Å². The zero-order chi connectivity index (χ0) is 15.5. The van der Waals surface area contributed by atoms with E-state index in [1.165, 1.54) is 0 Å². The first-order valence-corrected chi connectivity index (χ1v) is 6.94. The number of ether oxygens (including phenoxy) is 3. The topological polar surface area (TPSA) is 83.7 Å². The minimum atomic E-state index is -0.792. The fraction of sp³-hybridized carbons (Fsp3) is 0.200. The summed E-state index contributed by atoms with van der Waals surface area (Å²) in [7, 11) is 0. The predicted molar refractivity (Wildman–Crippen MR) is 79.1 cm³/mol. The molecule has 0 aliphatic carbocycles. The van der Waals surface area contributed by atoms with Crippen LogP contribution < -0.4 is 19.9 Å². The van der Waals surface area contributed by atoms with Crippen molar-refractivity contribution in [2.24, 2.45) is 5.73 Å². The van der Waals surface area contributed by atoms with Gasteiger partial charge in [-0.25, -0.2) is 0 Å². The van der Waals surface area contributed by atoms with Crippen LogP contribution in [0.25, 0.3) is 0 Å². The van der Waals surface area contributed by atoms with Crippen molar-refractivity contribution in [2.45, 2.75) is 12.7 Å². The monoisotopic (exact) mass is 320 g/mol. The van der Waals surface area contributed by atoms with Gasteiger partial charge in [0.1, 0.15) is 19.0 Å². The molecule has 1 aromatic heterocycles. The van der Waals surface area contributed by atoms with E-state index in [9.17, 15) is 4.79 Å². The van der Waals surface area contributed by atoms with E-state index in [0.717, 1.165) is 5.56 Å². The minimum absolute atomic E-state index is 0.108. The molecule has 7 heteroatoms. The molecule has 1 aliphatic heterocycles. The van der Waals surface area contributed by atoms with Gasteiger partial charge in [0.2, 0.25) is 6.10 Å². The molecule has 1 aliphatic rings. The number of halogens is 1. The second kappa shape index (κ2) is 6.11. The lowest BCUT2D eigenvalue weighted by molar-refractivity contribution is -0.127. The fourth-order valence-electron chi connectivity index (χ4n) is 1.98. The highest BCUT2D eigenvalue weighted by Gasteiger charge is 2.25. The quantitative estimate of drug-likeness (QED) is 0.930. The number of hydrogen-bond donors (Lipinski definition) is 1. The number of rotatable bonds is 4. The van der Waals surface area contributed by atoms with Gasteiger partial charge in [-0.2, -0.15) is 0 Å². The minimum Gasteiger partial charge on any atom is -0.489 e. The van der Waals surface area contributed by atoms with E-state index >= 15 is 0 Å². The Labute approximate surface area is 131 Å². The van der Waals surface area contributed by atoms with Crippen molar-refractivity contribution in [2.75, 3.05) is 6.61 Å². The summed E-state index contributed by atoms with van der Waals surface area (Å²) < 4.78 is 16.6. The van der Waals surface area contributed by atoms with Crippen LogP contribution in [0.5, 0.6) is 17.2 Å². The maximum Gasteiger partial charge on any atom is 0.262 e. The average Bonchev–Trinajstić information content (AvgIpc) is 2.52. The maximum atomic E-state index is 11.2. The molecule has 0 unspecified atom stereocenters. The Bertz CT molecular complexity index is 708. The summed E-state index contributed by atoms with van der Waals surface area (Å²) in [4.78, 5) is 15.1. The summed E-state index contributed by atoms with van der Waals surface area (Å²) >= 11 is 5.87. The van der Waals surface area contributed by atoms with E-state index in [0.29, 0.717) is 28.9 Å². The van der Waals surface area contributed by atoms with Gasteiger partial charge in [-0.05, 0) is 18.2 Å². The van der Waals surface area contributed by atoms with Crippen molar-refractivity contribution in [3.63, 3.8) is 0 Å². The molecule has 114 valence electrons. The number of benzene rings is 1. The number of aromatic nitrogens is 1. The van der Waals surface area contributed by atoms with Crippen molar-refractivity contribution in [1.82, 2.24) is 4.98 Å². The molecule has 22 heavy (non-hydrogen) atoms. The Morgan fingerprint density at radius 2 is 2.23 bits per heavy atom. The molecule has 0 bridgehead atoms. The van der Waals surface area contributed by atoms with Gasteiger partial charge in [-0.15, -0.1) is 0 Å². The molecule has 1 amide bonds. The van der Waals surface area contributed by atoms with Crippen LogP contribution in [0.3, 0.4) is 0 Å². The molecule has 2 heterocycles. The zero-order valence-corrected chi connectivity index (χ0v) is 12.2. The van der Waals surface area contributed by atoms with E-state index in [2.05, 4.69) is 4.98 Å². The van der Waals surface area contributed by atoms with Crippen LogP contribution >= 0.6 is 11.6 Å². The van der Waals surface area contributed by atoms with E-state index in [-0.39, 0.29) is 6.61 Å². The Hall–Kier alpha value is -2.47. The van der Waals surface area contributed by atoms with Gasteiger partial charge in [0, 0.05) is 24.0 Å². The van der Waals surface area contributed by atoms with Crippen LogP contribution in [0.4, 0.5) is 0 Å². The molecule has 3 rings (SSSR count). The largest absolute Gasteiger partial charge is 0.489 e. The van der Waals surface area contributed by atoms with Crippen molar-refractivity contribution in [1.29, 1.82) is 0 Å². The highest BCUT2D eigenvalue weighted by atomic mass is 35.5. The molecule has 0 spiro atoms. The fourth-order valence-corrected chi connectivity index (χ4v) is 2.18. The van der Waals surface area contributed by atoms with Gasteiger partial charge in [0.15, 0.2) is 11.5 Å². The number of nitrogens with zero attached hydrogens (tertiary/aromatic N) is 1. The maximum absolute atomic E-state index is 11.2. The van der Waals surface area contributed by atoms with Crippen LogP contribution in [0.1, 0.15) is 5.56 Å². The molecule has 0 fully saturated rings. The lowest BCUT2D eigenvalue weighted by Gasteiger charge is -2.24. The van der Waals surface area contributed by atoms with Crippen molar-refractivity contribution in [3.05, 3.63) is 47.2 Å². The molecule has 2 aromatic rings. The van der Waals surface area contributed by atoms with Crippen molar-refractivity contribution < 1.29 is 19.0 Å². The number of amides is 1. The first-order chi connectivity index (χ1) is 10.6. The van der Waals surface area contributed by atoms with E-state index < -0.39 is 12.0 Å². The summed E-state index contributed by atoms with van der Waals surface area (Å²) in [5.74, 6) is 0.987. The molecule has 0 radical (unpaired) electrons. The van der Waals surface area contributed by atoms with Gasteiger partial charge in [-0.1, -0.05) is 11.6 Å². The number of carbonyl (C=O) groups excluding carboxylic acids is 1. The lowest BCUT2D eigenvalue weighted by atomic mass is 10.2. The molecule has 2 N–H and O–H groups in total. The highest BCUT2D eigenvalue weighted by molar-refractivity contribution is 6.30. The van der Waals surface area contributed by atoms with Crippen LogP contribution in [-0.4, -0.2) is 23.6 Å². The normalized spacial score (nSPS) is 16.1. The number of primary amides is 1. The third kappa shape index (κ3) is 3.23. The number of hydrogen-bond acceptors (Lipinski definition) is 5. The van der Waals surface area contributed by atoms with Crippen LogP contribution in [0.15, 0.2) is 36.7 Å². The molecule has 6 nitrogen and oxygen atoms in total. The highest BCUT2D eigenvalue weighted by Crippen LogP contribution is 2.35. The Kier molecular flexibility index (Phi) is 4.02. The SMILES string of the molecule is NC(=O)[C@H]1COc2ccc(OCc3cncc(Cl)c3)cc2O1. The van der Waals surface area contributed by atoms with Gasteiger partial charge in [0.05, 0.1) is 5.02 Å². The Morgan fingerprint density at radius 1 is 1.36 bits per heavy atom. The van der Waals surface area contributed by atoms with Gasteiger partial charge >= 0.3 is 0 Å². The van der Waals surface area contributed by atoms with Gasteiger partial charge in [-0.3, -0.25) is 9.78 Å². The van der Waals surface area contributed by atoms with Gasteiger partial charge in [0.25, 0.3) is 5.91 Å². The third-order valence-electron chi connectivity index (χ3n) is 3.06. The smallest absolute Gasteiger partial charge is 0.262 e. The molecule has 1 atom stereocenters. The third-order valence-corrected chi connectivity index (χ3v) is 3.27. The lowest BCUT2D eigenvalue weighted by Crippen LogP contribution is -2.40. The molecular formula is C15H13ClN2O4. The van der Waals surface area contributed by atoms with E-state index in [1.54, 1.807) is 36.7 Å². The summed E-state index contributed by atoms with van der Waals surface area (Å²) in [6.45, 7) is 0.420. The van der Waals surface area contributed by atoms with Crippen molar-refractivity contribution in [3.8, 4) is 17.2 Å². The van der Waals surface area contributed by atoms with E-state index in [1.807, 2.05) is 0 Å². The summed E-state index contributed by atoms with van der Waals surface area (Å²) in [6.07, 6.45) is 2.44. The number of fused-ring (bicyclic) bond motifs is 1. The summed E-state index contributed by atoms with van der Waals surface area (Å²) in [6, 6.07) is 6.90. The Morgan fingerprint density at radius 3 is 3.00 bits per heavy atom. The Balaban J connectivity index is 1.71. The second-order valence-electron chi connectivity index (χ2n) is 4.73. The second-order valence-corrected chi connectivity index (χ2v) is 5.16. The molecule has 0 saturated heterocycles. The van der Waals surface area contributed by atoms with Gasteiger partial charge < -0.3 is 19.9 Å². The summed E-state index contributed by atoms with van der Waals surface area (Å²) in [5.41, 5.74) is 6.06. The number of pyridine rings is 1. The van der Waals surface area contributed by atoms with Crippen LogP contribution in [0.2, 0.25) is 5.02 Å². The predicted octanol–water partition coefficient (Wildman–Crippen LogP) is 1.94. The summed E-state index contributed by atoms with van der Waals surface area (Å²) in [5, 5.41) is 0.549. The number of nitrogens with two attached hydrogens (primary N) is 1.